The van der Waals surface area contributed by atoms with E-state index in [1.165, 1.54) is 19.3 Å². The van der Waals surface area contributed by atoms with Gasteiger partial charge >= 0.3 is 5.97 Å². The van der Waals surface area contributed by atoms with Crippen molar-refractivity contribution in [1.29, 1.82) is 0 Å². The molecule has 0 fully saturated rings. The Morgan fingerprint density at radius 1 is 0.483 bits per heavy atom. The normalized spacial score (nSPS) is 11.1. The molecule has 174 valence electrons. The van der Waals surface area contributed by atoms with E-state index in [0.717, 1.165) is 32.3 Å². The number of carbonyl (C=O) groups is 1. The molecule has 29 heavy (non-hydrogen) atoms. The quantitative estimate of drug-likeness (QED) is 0.174. The number of ether oxygens (including phenoxy) is 6. The van der Waals surface area contributed by atoms with Gasteiger partial charge in [-0.1, -0.05) is 46.0 Å². The summed E-state index contributed by atoms with van der Waals surface area (Å²) in [5.41, 5.74) is 0. The minimum absolute atomic E-state index is 0.144. The summed E-state index contributed by atoms with van der Waals surface area (Å²) in [4.78, 5) is 11.4. The number of hydrogen-bond donors (Lipinski definition) is 0. The SMILES string of the molecule is CCCCCCOCCOCCOCCOCCOCCOC(=O)CCCCC. The lowest BCUT2D eigenvalue weighted by Crippen LogP contribution is -2.15. The van der Waals surface area contributed by atoms with Gasteiger partial charge in [-0.3, -0.25) is 4.79 Å². The van der Waals surface area contributed by atoms with E-state index in [1.54, 1.807) is 0 Å². The van der Waals surface area contributed by atoms with Crippen LogP contribution in [-0.4, -0.2) is 78.6 Å². The molecule has 7 heteroatoms. The van der Waals surface area contributed by atoms with Crippen molar-refractivity contribution in [3.05, 3.63) is 0 Å². The Balaban J connectivity index is 3.06. The molecular weight excluding hydrogens is 376 g/mol. The van der Waals surface area contributed by atoms with Gasteiger partial charge in [0, 0.05) is 13.0 Å². The molecule has 0 aliphatic rings. The highest BCUT2D eigenvalue weighted by molar-refractivity contribution is 5.69. The van der Waals surface area contributed by atoms with Crippen LogP contribution in [0, 0.1) is 0 Å². The molecule has 0 aromatic rings. The van der Waals surface area contributed by atoms with Crippen molar-refractivity contribution >= 4 is 5.97 Å². The van der Waals surface area contributed by atoms with Crippen LogP contribution in [0.1, 0.15) is 65.2 Å². The average molecular weight is 421 g/mol. The molecule has 0 saturated carbocycles. The highest BCUT2D eigenvalue weighted by Gasteiger charge is 2.01. The van der Waals surface area contributed by atoms with Gasteiger partial charge in [0.05, 0.1) is 59.5 Å². The standard InChI is InChI=1S/C22H44O7/c1-3-5-7-9-11-24-12-13-25-14-15-26-16-17-27-18-19-28-20-21-29-22(23)10-8-6-4-2/h3-21H2,1-2H3. The zero-order chi connectivity index (χ0) is 21.3. The smallest absolute Gasteiger partial charge is 0.305 e. The van der Waals surface area contributed by atoms with E-state index in [1.807, 2.05) is 0 Å². The maximum Gasteiger partial charge on any atom is 0.305 e. The summed E-state index contributed by atoms with van der Waals surface area (Å²) >= 11 is 0. The second-order valence-corrected chi connectivity index (χ2v) is 6.80. The molecule has 0 aromatic carbocycles. The van der Waals surface area contributed by atoms with Crippen LogP contribution < -0.4 is 0 Å². The van der Waals surface area contributed by atoms with Crippen LogP contribution in [-0.2, 0) is 33.2 Å². The van der Waals surface area contributed by atoms with E-state index >= 15 is 0 Å². The lowest BCUT2D eigenvalue weighted by molar-refractivity contribution is -0.145. The molecule has 0 spiro atoms. The monoisotopic (exact) mass is 420 g/mol. The van der Waals surface area contributed by atoms with E-state index < -0.39 is 0 Å². The van der Waals surface area contributed by atoms with E-state index in [0.29, 0.717) is 72.5 Å². The van der Waals surface area contributed by atoms with Crippen molar-refractivity contribution < 1.29 is 33.2 Å². The Bertz CT molecular complexity index is 326. The summed E-state index contributed by atoms with van der Waals surface area (Å²) in [6.45, 7) is 10.3. The number of unbranched alkanes of at least 4 members (excludes halogenated alkanes) is 5. The minimum Gasteiger partial charge on any atom is -0.463 e. The highest BCUT2D eigenvalue weighted by atomic mass is 16.6. The Morgan fingerprint density at radius 3 is 1.38 bits per heavy atom. The third-order valence-electron chi connectivity index (χ3n) is 4.11. The topological polar surface area (TPSA) is 72.5 Å². The lowest BCUT2D eigenvalue weighted by atomic mass is 10.2. The maximum absolute atomic E-state index is 11.4. The first-order valence-corrected chi connectivity index (χ1v) is 11.4. The van der Waals surface area contributed by atoms with Gasteiger partial charge in [0.15, 0.2) is 0 Å². The van der Waals surface area contributed by atoms with Gasteiger partial charge in [0.25, 0.3) is 0 Å². The number of rotatable bonds is 24. The van der Waals surface area contributed by atoms with Crippen molar-refractivity contribution in [3.8, 4) is 0 Å². The fraction of sp³-hybridized carbons (Fsp3) is 0.955. The molecule has 0 rings (SSSR count). The molecule has 0 heterocycles. The van der Waals surface area contributed by atoms with E-state index in [4.69, 9.17) is 28.4 Å². The molecule has 7 nitrogen and oxygen atoms in total. The van der Waals surface area contributed by atoms with Crippen LogP contribution in [0.3, 0.4) is 0 Å². The van der Waals surface area contributed by atoms with Crippen LogP contribution in [0.25, 0.3) is 0 Å². The largest absolute Gasteiger partial charge is 0.463 e. The molecule has 0 N–H and O–H groups in total. The zero-order valence-electron chi connectivity index (χ0n) is 18.8. The van der Waals surface area contributed by atoms with Crippen molar-refractivity contribution in [2.45, 2.75) is 65.2 Å². The Kier molecular flexibility index (Phi) is 24.7. The summed E-state index contributed by atoms with van der Waals surface area (Å²) in [5, 5.41) is 0. The third-order valence-corrected chi connectivity index (χ3v) is 4.11. The van der Waals surface area contributed by atoms with Crippen molar-refractivity contribution in [2.75, 3.05) is 72.7 Å². The lowest BCUT2D eigenvalue weighted by Gasteiger charge is -2.08. The molecule has 0 radical (unpaired) electrons. The Hall–Kier alpha value is -0.730. The second kappa shape index (κ2) is 25.3. The van der Waals surface area contributed by atoms with Crippen LogP contribution in [0.5, 0.6) is 0 Å². The summed E-state index contributed by atoms with van der Waals surface area (Å²) in [6, 6.07) is 0. The van der Waals surface area contributed by atoms with Crippen LogP contribution in [0.2, 0.25) is 0 Å². The van der Waals surface area contributed by atoms with Crippen LogP contribution in [0.15, 0.2) is 0 Å². The first-order valence-electron chi connectivity index (χ1n) is 11.4. The minimum atomic E-state index is -0.144. The summed E-state index contributed by atoms with van der Waals surface area (Å²) < 4.78 is 32.2. The molecular formula is C22H44O7. The first-order chi connectivity index (χ1) is 14.3. The number of carbonyl (C=O) groups excluding carboxylic acids is 1. The maximum atomic E-state index is 11.4. The van der Waals surface area contributed by atoms with Crippen molar-refractivity contribution in [2.24, 2.45) is 0 Å². The van der Waals surface area contributed by atoms with Gasteiger partial charge in [-0.15, -0.1) is 0 Å². The fourth-order valence-electron chi connectivity index (χ4n) is 2.42. The first kappa shape index (κ1) is 28.3. The Labute approximate surface area is 177 Å². The van der Waals surface area contributed by atoms with Crippen molar-refractivity contribution in [1.82, 2.24) is 0 Å². The van der Waals surface area contributed by atoms with Crippen LogP contribution in [0.4, 0.5) is 0 Å². The Morgan fingerprint density at radius 2 is 0.897 bits per heavy atom. The molecule has 0 amide bonds. The predicted molar refractivity (Wildman–Crippen MR) is 113 cm³/mol. The predicted octanol–water partition coefficient (Wildman–Crippen LogP) is 3.77. The molecule has 0 aromatic heterocycles. The van der Waals surface area contributed by atoms with Gasteiger partial charge in [-0.05, 0) is 12.8 Å². The van der Waals surface area contributed by atoms with E-state index in [9.17, 15) is 4.79 Å². The zero-order valence-corrected chi connectivity index (χ0v) is 18.8. The molecule has 0 aliphatic heterocycles. The summed E-state index contributed by atoms with van der Waals surface area (Å²) in [6.07, 6.45) is 8.46. The molecule has 0 bridgehead atoms. The van der Waals surface area contributed by atoms with Gasteiger partial charge in [0.1, 0.15) is 6.61 Å². The van der Waals surface area contributed by atoms with E-state index in [2.05, 4.69) is 13.8 Å². The second-order valence-electron chi connectivity index (χ2n) is 6.80. The van der Waals surface area contributed by atoms with Crippen molar-refractivity contribution in [3.63, 3.8) is 0 Å². The van der Waals surface area contributed by atoms with E-state index in [-0.39, 0.29) is 5.97 Å². The number of esters is 1. The summed E-state index contributed by atoms with van der Waals surface area (Å²) in [7, 11) is 0. The number of hydrogen-bond acceptors (Lipinski definition) is 7. The summed E-state index contributed by atoms with van der Waals surface area (Å²) in [5.74, 6) is -0.144. The molecule has 0 aliphatic carbocycles. The molecule has 0 atom stereocenters. The van der Waals surface area contributed by atoms with Gasteiger partial charge < -0.3 is 28.4 Å². The van der Waals surface area contributed by atoms with Gasteiger partial charge in [-0.25, -0.2) is 0 Å². The van der Waals surface area contributed by atoms with Crippen LogP contribution >= 0.6 is 0 Å². The fourth-order valence-corrected chi connectivity index (χ4v) is 2.42. The molecule has 0 saturated heterocycles. The molecule has 0 unspecified atom stereocenters. The third kappa shape index (κ3) is 25.2. The highest BCUT2D eigenvalue weighted by Crippen LogP contribution is 2.00. The average Bonchev–Trinajstić information content (AvgIpc) is 2.72. The van der Waals surface area contributed by atoms with Gasteiger partial charge in [0.2, 0.25) is 0 Å². The van der Waals surface area contributed by atoms with Gasteiger partial charge in [-0.2, -0.15) is 0 Å².